The van der Waals surface area contributed by atoms with E-state index in [1.165, 1.54) is 40.8 Å². The van der Waals surface area contributed by atoms with Gasteiger partial charge in [-0.1, -0.05) is 103 Å². The molecule has 3 nitrogen and oxygen atoms in total. The molecule has 0 bridgehead atoms. The molecule has 0 spiro atoms. The monoisotopic (exact) mass is 433 g/mol. The fourth-order valence-corrected chi connectivity index (χ4v) is 4.79. The SMILES string of the molecule is C1=C(c2ccccc2)CC(CCCCn2cnc(-c3ccccc3)c2-c2ccccc2)NC1. The van der Waals surface area contributed by atoms with Gasteiger partial charge < -0.3 is 9.88 Å². The summed E-state index contributed by atoms with van der Waals surface area (Å²) < 4.78 is 2.33. The van der Waals surface area contributed by atoms with Gasteiger partial charge in [0.2, 0.25) is 0 Å². The Hall–Kier alpha value is -3.43. The maximum atomic E-state index is 4.82. The summed E-state index contributed by atoms with van der Waals surface area (Å²) >= 11 is 0. The Morgan fingerprint density at radius 2 is 1.39 bits per heavy atom. The molecule has 0 saturated heterocycles. The van der Waals surface area contributed by atoms with Crippen LogP contribution in [0.15, 0.2) is 103 Å². The Morgan fingerprint density at radius 3 is 2.09 bits per heavy atom. The van der Waals surface area contributed by atoms with Gasteiger partial charge in [-0.2, -0.15) is 0 Å². The number of nitrogens with zero attached hydrogens (tertiary/aromatic N) is 2. The topological polar surface area (TPSA) is 29.9 Å². The number of rotatable bonds is 8. The van der Waals surface area contributed by atoms with Crippen LogP contribution in [0.3, 0.4) is 0 Å². The van der Waals surface area contributed by atoms with Gasteiger partial charge in [0.15, 0.2) is 0 Å². The average Bonchev–Trinajstić information content (AvgIpc) is 3.32. The lowest BCUT2D eigenvalue weighted by atomic mass is 9.93. The van der Waals surface area contributed by atoms with E-state index in [4.69, 9.17) is 4.98 Å². The lowest BCUT2D eigenvalue weighted by Gasteiger charge is -2.24. The van der Waals surface area contributed by atoms with Crippen molar-refractivity contribution in [2.24, 2.45) is 0 Å². The van der Waals surface area contributed by atoms with Gasteiger partial charge in [-0.05, 0) is 30.4 Å². The summed E-state index contributed by atoms with van der Waals surface area (Å²) in [6.45, 7) is 1.95. The molecule has 3 aromatic carbocycles. The van der Waals surface area contributed by atoms with Crippen LogP contribution >= 0.6 is 0 Å². The van der Waals surface area contributed by atoms with Gasteiger partial charge in [0, 0.05) is 30.3 Å². The second kappa shape index (κ2) is 10.5. The first-order valence-corrected chi connectivity index (χ1v) is 12.0. The molecule has 1 atom stereocenters. The van der Waals surface area contributed by atoms with Gasteiger partial charge in [-0.15, -0.1) is 0 Å². The molecule has 3 heteroatoms. The number of unbranched alkanes of at least 4 members (excludes halogenated alkanes) is 1. The van der Waals surface area contributed by atoms with Gasteiger partial charge in [0.25, 0.3) is 0 Å². The lowest BCUT2D eigenvalue weighted by molar-refractivity contribution is 0.464. The van der Waals surface area contributed by atoms with Crippen LogP contribution in [0.5, 0.6) is 0 Å². The van der Waals surface area contributed by atoms with Crippen molar-refractivity contribution >= 4 is 5.57 Å². The third-order valence-electron chi connectivity index (χ3n) is 6.50. The minimum Gasteiger partial charge on any atom is -0.330 e. The van der Waals surface area contributed by atoms with Crippen LogP contribution in [0.4, 0.5) is 0 Å². The number of nitrogens with one attached hydrogen (secondary N) is 1. The highest BCUT2D eigenvalue weighted by atomic mass is 15.1. The molecule has 0 fully saturated rings. The summed E-state index contributed by atoms with van der Waals surface area (Å²) in [6, 6.07) is 32.5. The largest absolute Gasteiger partial charge is 0.330 e. The van der Waals surface area contributed by atoms with Crippen molar-refractivity contribution in [1.29, 1.82) is 0 Å². The van der Waals surface area contributed by atoms with E-state index < -0.39 is 0 Å². The molecule has 1 aliphatic rings. The van der Waals surface area contributed by atoms with Gasteiger partial charge >= 0.3 is 0 Å². The molecule has 166 valence electrons. The molecular weight excluding hydrogens is 402 g/mol. The van der Waals surface area contributed by atoms with Crippen LogP contribution < -0.4 is 5.32 Å². The quantitative estimate of drug-likeness (QED) is 0.309. The van der Waals surface area contributed by atoms with E-state index >= 15 is 0 Å². The molecule has 2 heterocycles. The Labute approximate surface area is 196 Å². The summed E-state index contributed by atoms with van der Waals surface area (Å²) in [6.07, 6.45) is 9.02. The maximum Gasteiger partial charge on any atom is 0.0963 e. The number of hydrogen-bond acceptors (Lipinski definition) is 2. The zero-order valence-corrected chi connectivity index (χ0v) is 19.0. The standard InChI is InChI=1S/C30H31N3/c1-4-12-24(13-5-1)27-19-20-31-28(22-27)18-10-11-21-33-23-32-29(25-14-6-2-7-15-25)30(33)26-16-8-3-9-17-26/h1-9,12-17,19,23,28,31H,10-11,18,20-22H2. The molecule has 0 aliphatic carbocycles. The summed E-state index contributed by atoms with van der Waals surface area (Å²) in [5.74, 6) is 0. The number of aromatic nitrogens is 2. The number of hydrogen-bond donors (Lipinski definition) is 1. The van der Waals surface area contributed by atoms with Gasteiger partial charge in [-0.3, -0.25) is 0 Å². The van der Waals surface area contributed by atoms with Gasteiger partial charge in [-0.25, -0.2) is 4.98 Å². The Morgan fingerprint density at radius 1 is 0.758 bits per heavy atom. The Balaban J connectivity index is 1.23. The number of benzene rings is 3. The molecule has 1 unspecified atom stereocenters. The molecule has 33 heavy (non-hydrogen) atoms. The van der Waals surface area contributed by atoms with E-state index in [1.54, 1.807) is 0 Å². The van der Waals surface area contributed by atoms with Crippen molar-refractivity contribution < 1.29 is 0 Å². The zero-order chi connectivity index (χ0) is 22.3. The summed E-state index contributed by atoms with van der Waals surface area (Å²) in [5.41, 5.74) is 7.51. The molecule has 1 N–H and O–H groups in total. The molecule has 1 aromatic heterocycles. The first-order valence-electron chi connectivity index (χ1n) is 12.0. The highest BCUT2D eigenvalue weighted by molar-refractivity contribution is 5.78. The molecule has 4 aromatic rings. The summed E-state index contributed by atoms with van der Waals surface area (Å²) in [4.78, 5) is 4.82. The van der Waals surface area contributed by atoms with E-state index in [0.29, 0.717) is 6.04 Å². The van der Waals surface area contributed by atoms with Crippen molar-refractivity contribution in [2.45, 2.75) is 38.3 Å². The van der Waals surface area contributed by atoms with Crippen LogP contribution in [0.1, 0.15) is 31.2 Å². The minimum absolute atomic E-state index is 0.557. The van der Waals surface area contributed by atoms with E-state index in [0.717, 1.165) is 31.6 Å². The van der Waals surface area contributed by atoms with Crippen molar-refractivity contribution in [1.82, 2.24) is 14.9 Å². The Bertz CT molecular complexity index is 1180. The average molecular weight is 434 g/mol. The predicted octanol–water partition coefficient (Wildman–Crippen LogP) is 6.83. The highest BCUT2D eigenvalue weighted by Gasteiger charge is 2.17. The first-order chi connectivity index (χ1) is 16.4. The summed E-state index contributed by atoms with van der Waals surface area (Å²) in [7, 11) is 0. The van der Waals surface area contributed by atoms with Gasteiger partial charge in [0.1, 0.15) is 0 Å². The molecule has 5 rings (SSSR count). The van der Waals surface area contributed by atoms with Crippen LogP contribution in [0.2, 0.25) is 0 Å². The van der Waals surface area contributed by atoms with Gasteiger partial charge in [0.05, 0.1) is 17.7 Å². The van der Waals surface area contributed by atoms with E-state index in [9.17, 15) is 0 Å². The van der Waals surface area contributed by atoms with Crippen LogP contribution in [0, 0.1) is 0 Å². The third kappa shape index (κ3) is 5.15. The number of imidazole rings is 1. The van der Waals surface area contributed by atoms with Crippen molar-refractivity contribution in [2.75, 3.05) is 6.54 Å². The second-order valence-electron chi connectivity index (χ2n) is 8.77. The van der Waals surface area contributed by atoms with E-state index in [2.05, 4.69) is 107 Å². The third-order valence-corrected chi connectivity index (χ3v) is 6.50. The first kappa shape index (κ1) is 21.4. The normalized spacial score (nSPS) is 15.9. The molecule has 0 radical (unpaired) electrons. The fraction of sp³-hybridized carbons (Fsp3) is 0.233. The van der Waals surface area contributed by atoms with Crippen molar-refractivity contribution in [3.05, 3.63) is 109 Å². The molecule has 0 amide bonds. The van der Waals surface area contributed by atoms with E-state index in [1.807, 2.05) is 6.33 Å². The Kier molecular flexibility index (Phi) is 6.79. The second-order valence-corrected chi connectivity index (χ2v) is 8.77. The van der Waals surface area contributed by atoms with Crippen molar-refractivity contribution in [3.8, 4) is 22.5 Å². The number of aryl methyl sites for hydroxylation is 1. The minimum atomic E-state index is 0.557. The lowest BCUT2D eigenvalue weighted by Crippen LogP contribution is -2.32. The highest BCUT2D eigenvalue weighted by Crippen LogP contribution is 2.31. The van der Waals surface area contributed by atoms with Crippen LogP contribution in [-0.4, -0.2) is 22.1 Å². The predicted molar refractivity (Wildman–Crippen MR) is 138 cm³/mol. The summed E-state index contributed by atoms with van der Waals surface area (Å²) in [5, 5.41) is 3.68. The smallest absolute Gasteiger partial charge is 0.0963 e. The molecule has 0 saturated carbocycles. The van der Waals surface area contributed by atoms with Crippen molar-refractivity contribution in [3.63, 3.8) is 0 Å². The van der Waals surface area contributed by atoms with Crippen LogP contribution in [0.25, 0.3) is 28.1 Å². The molecule has 1 aliphatic heterocycles. The fourth-order valence-electron chi connectivity index (χ4n) is 4.79. The van der Waals surface area contributed by atoms with E-state index in [-0.39, 0.29) is 0 Å². The van der Waals surface area contributed by atoms with Crippen LogP contribution in [-0.2, 0) is 6.54 Å². The maximum absolute atomic E-state index is 4.82. The zero-order valence-electron chi connectivity index (χ0n) is 19.0. The molecular formula is C30H31N3.